The maximum Gasteiger partial charge on any atom is 0.269 e. The first-order chi connectivity index (χ1) is 8.58. The van der Waals surface area contributed by atoms with Crippen molar-refractivity contribution < 1.29 is 9.53 Å². The van der Waals surface area contributed by atoms with Crippen LogP contribution in [0.5, 0.6) is 5.88 Å². The van der Waals surface area contributed by atoms with Crippen LogP contribution in [0, 0.1) is 6.92 Å². The molecule has 2 aromatic heterocycles. The predicted molar refractivity (Wildman–Crippen MR) is 68.4 cm³/mol. The molecule has 0 bridgehead atoms. The van der Waals surface area contributed by atoms with Crippen LogP contribution < -0.4 is 10.1 Å². The van der Waals surface area contributed by atoms with Crippen LogP contribution in [0.4, 0.5) is 5.95 Å². The van der Waals surface area contributed by atoms with Crippen molar-refractivity contribution in [2.75, 3.05) is 12.4 Å². The molecule has 94 valence electrons. The minimum Gasteiger partial charge on any atom is -0.481 e. The highest BCUT2D eigenvalue weighted by molar-refractivity contribution is 7.13. The van der Waals surface area contributed by atoms with Crippen molar-refractivity contribution in [3.05, 3.63) is 27.3 Å². The number of hydrogen-bond acceptors (Lipinski definition) is 6. The standard InChI is InChI=1S/C10H9ClN4O2S/c1-5-12-4-6(18-5)9(16)15-10-13-7(11)3-8(14-10)17-2/h3-4H,1-2H3,(H,13,14,15,16). The van der Waals surface area contributed by atoms with Gasteiger partial charge in [-0.1, -0.05) is 11.6 Å². The van der Waals surface area contributed by atoms with Gasteiger partial charge in [0, 0.05) is 6.07 Å². The first kappa shape index (κ1) is 12.7. The normalized spacial score (nSPS) is 10.2. The summed E-state index contributed by atoms with van der Waals surface area (Å²) in [5.41, 5.74) is 0. The highest BCUT2D eigenvalue weighted by atomic mass is 35.5. The monoisotopic (exact) mass is 284 g/mol. The van der Waals surface area contributed by atoms with Gasteiger partial charge in [0.05, 0.1) is 18.3 Å². The van der Waals surface area contributed by atoms with E-state index >= 15 is 0 Å². The largest absolute Gasteiger partial charge is 0.481 e. The SMILES string of the molecule is COc1cc(Cl)nc(NC(=O)c2cnc(C)s2)n1. The third kappa shape index (κ3) is 2.93. The van der Waals surface area contributed by atoms with E-state index in [-0.39, 0.29) is 22.9 Å². The van der Waals surface area contributed by atoms with E-state index in [9.17, 15) is 4.79 Å². The van der Waals surface area contributed by atoms with Crippen molar-refractivity contribution in [3.63, 3.8) is 0 Å². The van der Waals surface area contributed by atoms with E-state index in [0.29, 0.717) is 4.88 Å². The maximum absolute atomic E-state index is 11.8. The van der Waals surface area contributed by atoms with Gasteiger partial charge in [0.15, 0.2) is 0 Å². The van der Waals surface area contributed by atoms with Crippen molar-refractivity contribution in [1.29, 1.82) is 0 Å². The highest BCUT2D eigenvalue weighted by Crippen LogP contribution is 2.17. The van der Waals surface area contributed by atoms with E-state index in [2.05, 4.69) is 20.3 Å². The molecule has 0 aliphatic carbocycles. The Bertz CT molecular complexity index is 587. The summed E-state index contributed by atoms with van der Waals surface area (Å²) in [5, 5.41) is 3.53. The number of carbonyl (C=O) groups is 1. The van der Waals surface area contributed by atoms with E-state index < -0.39 is 0 Å². The van der Waals surface area contributed by atoms with E-state index in [0.717, 1.165) is 5.01 Å². The Hall–Kier alpha value is -1.73. The van der Waals surface area contributed by atoms with E-state index in [1.54, 1.807) is 0 Å². The van der Waals surface area contributed by atoms with Gasteiger partial charge in [-0.25, -0.2) is 9.97 Å². The van der Waals surface area contributed by atoms with Crippen LogP contribution in [0.1, 0.15) is 14.7 Å². The summed E-state index contributed by atoms with van der Waals surface area (Å²) in [6, 6.07) is 1.45. The van der Waals surface area contributed by atoms with Crippen LogP contribution in [0.15, 0.2) is 12.3 Å². The lowest BCUT2D eigenvalue weighted by Gasteiger charge is -2.04. The number of nitrogens with one attached hydrogen (secondary N) is 1. The van der Waals surface area contributed by atoms with Gasteiger partial charge in [0.2, 0.25) is 11.8 Å². The first-order valence-electron chi connectivity index (χ1n) is 4.91. The van der Waals surface area contributed by atoms with E-state index in [4.69, 9.17) is 16.3 Å². The molecule has 2 rings (SSSR count). The molecule has 0 aliphatic rings. The molecule has 0 fully saturated rings. The van der Waals surface area contributed by atoms with E-state index in [1.807, 2.05) is 6.92 Å². The summed E-state index contributed by atoms with van der Waals surface area (Å²) in [6.45, 7) is 1.82. The quantitative estimate of drug-likeness (QED) is 0.874. The molecule has 0 unspecified atom stereocenters. The average Bonchev–Trinajstić information content (AvgIpc) is 2.75. The number of anilines is 1. The zero-order chi connectivity index (χ0) is 13.1. The van der Waals surface area contributed by atoms with Crippen LogP contribution in [0.3, 0.4) is 0 Å². The minimum atomic E-state index is -0.329. The number of halogens is 1. The van der Waals surface area contributed by atoms with Crippen LogP contribution in [0.25, 0.3) is 0 Å². The molecular formula is C10H9ClN4O2S. The molecule has 18 heavy (non-hydrogen) atoms. The molecule has 1 N–H and O–H groups in total. The van der Waals surface area contributed by atoms with Crippen molar-refractivity contribution in [1.82, 2.24) is 15.0 Å². The van der Waals surface area contributed by atoms with Gasteiger partial charge in [-0.3, -0.25) is 10.1 Å². The lowest BCUT2D eigenvalue weighted by atomic mass is 10.5. The molecule has 2 aromatic rings. The fourth-order valence-electron chi connectivity index (χ4n) is 1.19. The topological polar surface area (TPSA) is 77.0 Å². The van der Waals surface area contributed by atoms with Gasteiger partial charge in [-0.15, -0.1) is 11.3 Å². The number of methoxy groups -OCH3 is 1. The van der Waals surface area contributed by atoms with Crippen LogP contribution in [0.2, 0.25) is 5.15 Å². The Morgan fingerprint density at radius 1 is 1.50 bits per heavy atom. The molecule has 6 nitrogen and oxygen atoms in total. The number of aryl methyl sites for hydroxylation is 1. The van der Waals surface area contributed by atoms with Gasteiger partial charge >= 0.3 is 0 Å². The number of aromatic nitrogens is 3. The molecule has 0 spiro atoms. The summed E-state index contributed by atoms with van der Waals surface area (Å²) in [7, 11) is 1.46. The molecule has 0 saturated carbocycles. The number of thiazole rings is 1. The van der Waals surface area contributed by atoms with Crippen LogP contribution >= 0.6 is 22.9 Å². The highest BCUT2D eigenvalue weighted by Gasteiger charge is 2.12. The minimum absolute atomic E-state index is 0.0930. The van der Waals surface area contributed by atoms with Gasteiger partial charge in [-0.2, -0.15) is 4.98 Å². The Balaban J connectivity index is 2.18. The number of ether oxygens (including phenoxy) is 1. The zero-order valence-electron chi connectivity index (χ0n) is 9.60. The molecule has 2 heterocycles. The molecule has 0 aromatic carbocycles. The lowest BCUT2D eigenvalue weighted by Crippen LogP contribution is -2.13. The molecule has 1 amide bonds. The molecule has 0 radical (unpaired) electrons. The summed E-state index contributed by atoms with van der Waals surface area (Å²) in [4.78, 5) is 24.2. The third-order valence-electron chi connectivity index (χ3n) is 1.95. The zero-order valence-corrected chi connectivity index (χ0v) is 11.2. The van der Waals surface area contributed by atoms with Crippen molar-refractivity contribution in [2.45, 2.75) is 6.92 Å². The Kier molecular flexibility index (Phi) is 3.73. The van der Waals surface area contributed by atoms with Gasteiger partial charge in [0.1, 0.15) is 10.0 Å². The first-order valence-corrected chi connectivity index (χ1v) is 6.10. The molecule has 8 heteroatoms. The van der Waals surface area contributed by atoms with Crippen LogP contribution in [-0.2, 0) is 0 Å². The van der Waals surface area contributed by atoms with Gasteiger partial charge in [-0.05, 0) is 6.92 Å². The molecule has 0 aliphatic heterocycles. The Morgan fingerprint density at radius 3 is 2.89 bits per heavy atom. The van der Waals surface area contributed by atoms with E-state index in [1.165, 1.54) is 30.7 Å². The smallest absolute Gasteiger partial charge is 0.269 e. The fraction of sp³-hybridized carbons (Fsp3) is 0.200. The van der Waals surface area contributed by atoms with Crippen molar-refractivity contribution in [2.24, 2.45) is 0 Å². The Labute approximate surface area is 112 Å². The second-order valence-electron chi connectivity index (χ2n) is 3.25. The fourth-order valence-corrected chi connectivity index (χ4v) is 2.03. The van der Waals surface area contributed by atoms with Crippen LogP contribution in [-0.4, -0.2) is 28.0 Å². The number of amides is 1. The van der Waals surface area contributed by atoms with Crippen molar-refractivity contribution >= 4 is 34.8 Å². The number of nitrogens with zero attached hydrogens (tertiary/aromatic N) is 3. The van der Waals surface area contributed by atoms with Crippen molar-refractivity contribution in [3.8, 4) is 5.88 Å². The summed E-state index contributed by atoms with van der Waals surface area (Å²) in [5.74, 6) is 0.0473. The van der Waals surface area contributed by atoms with Gasteiger partial charge in [0.25, 0.3) is 5.91 Å². The molecule has 0 saturated heterocycles. The number of rotatable bonds is 3. The second-order valence-corrected chi connectivity index (χ2v) is 4.88. The maximum atomic E-state index is 11.8. The average molecular weight is 285 g/mol. The second kappa shape index (κ2) is 5.28. The number of hydrogen-bond donors (Lipinski definition) is 1. The Morgan fingerprint density at radius 2 is 2.28 bits per heavy atom. The predicted octanol–water partition coefficient (Wildman–Crippen LogP) is 2.16. The van der Waals surface area contributed by atoms with Gasteiger partial charge < -0.3 is 4.74 Å². The third-order valence-corrected chi connectivity index (χ3v) is 3.06. The summed E-state index contributed by atoms with van der Waals surface area (Å²) < 4.78 is 4.93. The summed E-state index contributed by atoms with van der Waals surface area (Å²) in [6.07, 6.45) is 1.50. The molecule has 0 atom stereocenters. The lowest BCUT2D eigenvalue weighted by molar-refractivity contribution is 0.102. The molecular weight excluding hydrogens is 276 g/mol. The number of carbonyl (C=O) groups excluding carboxylic acids is 1. The summed E-state index contributed by atoms with van der Waals surface area (Å²) >= 11 is 7.06.